The van der Waals surface area contributed by atoms with E-state index in [0.29, 0.717) is 54.1 Å². The summed E-state index contributed by atoms with van der Waals surface area (Å²) in [5.41, 5.74) is 1.13. The quantitative estimate of drug-likeness (QED) is 0.309. The molecule has 0 saturated heterocycles. The van der Waals surface area contributed by atoms with Crippen molar-refractivity contribution in [2.75, 3.05) is 25.1 Å². The molecule has 208 valence electrons. The molecule has 0 aliphatic carbocycles. The summed E-state index contributed by atoms with van der Waals surface area (Å²) in [6.07, 6.45) is 3.20. The van der Waals surface area contributed by atoms with Gasteiger partial charge in [0.1, 0.15) is 18.0 Å². The van der Waals surface area contributed by atoms with Crippen LogP contribution in [0.25, 0.3) is 0 Å². The zero-order valence-electron chi connectivity index (χ0n) is 22.9. The van der Waals surface area contributed by atoms with Gasteiger partial charge in [0.05, 0.1) is 13.2 Å². The largest absolute Gasteiger partial charge is 0.493 e. The molecule has 2 heterocycles. The van der Waals surface area contributed by atoms with Crippen molar-refractivity contribution in [1.29, 1.82) is 0 Å². The van der Waals surface area contributed by atoms with Crippen molar-refractivity contribution in [3.05, 3.63) is 77.2 Å². The Bertz CT molecular complexity index is 1250. The highest BCUT2D eigenvalue weighted by molar-refractivity contribution is 6.31. The lowest BCUT2D eigenvalue weighted by atomic mass is 10.1. The highest BCUT2D eigenvalue weighted by Crippen LogP contribution is 2.23. The molecule has 9 nitrogen and oxygen atoms in total. The predicted octanol–water partition coefficient (Wildman–Crippen LogP) is 6.03. The molecule has 0 unspecified atom stereocenters. The van der Waals surface area contributed by atoms with Gasteiger partial charge in [-0.2, -0.15) is 0 Å². The Balaban J connectivity index is 1.58. The van der Waals surface area contributed by atoms with Crippen LogP contribution >= 0.6 is 11.6 Å². The highest BCUT2D eigenvalue weighted by atomic mass is 35.5. The molecular formula is C29H35ClN4O5. The molecule has 0 saturated carbocycles. The molecule has 0 radical (unpaired) electrons. The van der Waals surface area contributed by atoms with E-state index >= 15 is 0 Å². The number of rotatable bonds is 11. The third-order valence-corrected chi connectivity index (χ3v) is 5.53. The molecule has 2 aromatic heterocycles. The van der Waals surface area contributed by atoms with E-state index in [-0.39, 0.29) is 11.9 Å². The normalized spacial score (nSPS) is 11.2. The molecule has 1 aromatic carbocycles. The second-order valence-electron chi connectivity index (χ2n) is 10.0. The van der Waals surface area contributed by atoms with Crippen LogP contribution in [-0.4, -0.2) is 58.3 Å². The van der Waals surface area contributed by atoms with Gasteiger partial charge in [0.15, 0.2) is 0 Å². The van der Waals surface area contributed by atoms with Crippen molar-refractivity contribution < 1.29 is 23.8 Å². The molecular weight excluding hydrogens is 520 g/mol. The van der Waals surface area contributed by atoms with Gasteiger partial charge in [-0.15, -0.1) is 0 Å². The van der Waals surface area contributed by atoms with Gasteiger partial charge in [-0.25, -0.2) is 9.78 Å². The number of amides is 2. The molecule has 0 aliphatic heterocycles. The van der Waals surface area contributed by atoms with E-state index in [1.165, 1.54) is 0 Å². The Hall–Kier alpha value is -3.85. The third kappa shape index (κ3) is 10.1. The molecule has 10 heteroatoms. The minimum absolute atomic E-state index is 0.0548. The topological polar surface area (TPSA) is 103 Å². The Morgan fingerprint density at radius 2 is 1.79 bits per heavy atom. The first-order valence-corrected chi connectivity index (χ1v) is 13.1. The predicted molar refractivity (Wildman–Crippen MR) is 151 cm³/mol. The second-order valence-corrected chi connectivity index (χ2v) is 10.5. The Morgan fingerprint density at radius 3 is 2.49 bits per heavy atom. The highest BCUT2D eigenvalue weighted by Gasteiger charge is 2.20. The number of carbonyl (C=O) groups is 2. The van der Waals surface area contributed by atoms with Crippen LogP contribution in [0.4, 0.5) is 10.5 Å². The van der Waals surface area contributed by atoms with Crippen molar-refractivity contribution in [3.8, 4) is 11.6 Å². The molecule has 39 heavy (non-hydrogen) atoms. The molecule has 3 aromatic rings. The van der Waals surface area contributed by atoms with Crippen LogP contribution in [0.3, 0.4) is 0 Å². The monoisotopic (exact) mass is 554 g/mol. The summed E-state index contributed by atoms with van der Waals surface area (Å²) in [5, 5.41) is 3.10. The number of carbonyl (C=O) groups excluding carboxylic acids is 2. The summed E-state index contributed by atoms with van der Waals surface area (Å²) >= 11 is 6.33. The average molecular weight is 555 g/mol. The minimum Gasteiger partial charge on any atom is -0.493 e. The zero-order chi connectivity index (χ0) is 28.4. The van der Waals surface area contributed by atoms with Gasteiger partial charge in [-0.3, -0.25) is 15.1 Å². The lowest BCUT2D eigenvalue weighted by Crippen LogP contribution is -2.39. The van der Waals surface area contributed by atoms with Crippen LogP contribution in [0.2, 0.25) is 5.02 Å². The van der Waals surface area contributed by atoms with Gasteiger partial charge in [0.2, 0.25) is 5.88 Å². The third-order valence-electron chi connectivity index (χ3n) is 5.31. The summed E-state index contributed by atoms with van der Waals surface area (Å²) in [7, 11) is 0. The number of hydrogen-bond donors (Lipinski definition) is 1. The van der Waals surface area contributed by atoms with Gasteiger partial charge in [-0.1, -0.05) is 17.7 Å². The number of pyridine rings is 2. The Kier molecular flexibility index (Phi) is 10.5. The van der Waals surface area contributed by atoms with E-state index in [9.17, 15) is 9.59 Å². The SMILES string of the molecule is CC(C)N(CCOc1ccccn1)C(=O)c1cc(Cl)cc(OCCc2cc(NC(=O)OC(C)(C)C)ccn2)c1. The number of hydrogen-bond acceptors (Lipinski definition) is 7. The maximum absolute atomic E-state index is 13.3. The van der Waals surface area contributed by atoms with Gasteiger partial charge in [0, 0.05) is 52.9 Å². The number of halogens is 1. The van der Waals surface area contributed by atoms with Gasteiger partial charge < -0.3 is 19.1 Å². The molecule has 1 N–H and O–H groups in total. The minimum atomic E-state index is -0.593. The average Bonchev–Trinajstić information content (AvgIpc) is 2.85. The summed E-state index contributed by atoms with van der Waals surface area (Å²) < 4.78 is 16.9. The number of ether oxygens (including phenoxy) is 3. The number of nitrogens with one attached hydrogen (secondary N) is 1. The van der Waals surface area contributed by atoms with Crippen molar-refractivity contribution in [1.82, 2.24) is 14.9 Å². The van der Waals surface area contributed by atoms with E-state index in [0.717, 1.165) is 5.69 Å². The number of nitrogens with zero attached hydrogens (tertiary/aromatic N) is 3. The van der Waals surface area contributed by atoms with E-state index in [2.05, 4.69) is 15.3 Å². The van der Waals surface area contributed by atoms with Gasteiger partial charge >= 0.3 is 6.09 Å². The summed E-state index contributed by atoms with van der Waals surface area (Å²) in [5.74, 6) is 0.805. The first-order chi connectivity index (χ1) is 18.5. The molecule has 0 spiro atoms. The fraction of sp³-hybridized carbons (Fsp3) is 0.379. The zero-order valence-corrected chi connectivity index (χ0v) is 23.7. The Morgan fingerprint density at radius 1 is 1.00 bits per heavy atom. The molecule has 0 atom stereocenters. The molecule has 0 bridgehead atoms. The van der Waals surface area contributed by atoms with Crippen molar-refractivity contribution in [2.24, 2.45) is 0 Å². The van der Waals surface area contributed by atoms with Crippen LogP contribution < -0.4 is 14.8 Å². The van der Waals surface area contributed by atoms with Crippen molar-refractivity contribution >= 4 is 29.3 Å². The van der Waals surface area contributed by atoms with Gasteiger partial charge in [-0.05, 0) is 71.0 Å². The Labute approximate surface area is 234 Å². The number of aromatic nitrogens is 2. The smallest absolute Gasteiger partial charge is 0.412 e. The second kappa shape index (κ2) is 13.8. The molecule has 0 fully saturated rings. The van der Waals surface area contributed by atoms with Crippen LogP contribution in [0, 0.1) is 0 Å². The number of anilines is 1. The number of benzene rings is 1. The lowest BCUT2D eigenvalue weighted by molar-refractivity contribution is 0.0634. The lowest BCUT2D eigenvalue weighted by Gasteiger charge is -2.27. The van der Waals surface area contributed by atoms with Crippen molar-refractivity contribution in [2.45, 2.75) is 52.7 Å². The van der Waals surface area contributed by atoms with E-state index < -0.39 is 11.7 Å². The van der Waals surface area contributed by atoms with Gasteiger partial charge in [0.25, 0.3) is 5.91 Å². The van der Waals surface area contributed by atoms with Crippen LogP contribution in [0.5, 0.6) is 11.6 Å². The van der Waals surface area contributed by atoms with E-state index in [4.69, 9.17) is 25.8 Å². The van der Waals surface area contributed by atoms with Crippen LogP contribution in [-0.2, 0) is 11.2 Å². The molecule has 2 amide bonds. The summed E-state index contributed by atoms with van der Waals surface area (Å²) in [6.45, 7) is 10.3. The fourth-order valence-corrected chi connectivity index (χ4v) is 3.82. The first-order valence-electron chi connectivity index (χ1n) is 12.7. The van der Waals surface area contributed by atoms with Crippen LogP contribution in [0.15, 0.2) is 60.9 Å². The first kappa shape index (κ1) is 29.7. The maximum Gasteiger partial charge on any atom is 0.412 e. The van der Waals surface area contributed by atoms with E-state index in [1.807, 2.05) is 26.0 Å². The fourth-order valence-electron chi connectivity index (χ4n) is 3.60. The molecule has 0 aliphatic rings. The van der Waals surface area contributed by atoms with E-state index in [1.54, 1.807) is 74.5 Å². The maximum atomic E-state index is 13.3. The summed E-state index contributed by atoms with van der Waals surface area (Å²) in [6, 6.07) is 13.8. The summed E-state index contributed by atoms with van der Waals surface area (Å²) in [4.78, 5) is 35.6. The van der Waals surface area contributed by atoms with Crippen LogP contribution in [0.1, 0.15) is 50.7 Å². The van der Waals surface area contributed by atoms with Crippen molar-refractivity contribution in [3.63, 3.8) is 0 Å². The molecule has 3 rings (SSSR count). The standard InChI is InChI=1S/C29H35ClN4O5/c1-20(2)34(13-15-38-26-8-6-7-11-32-26)27(35)21-16-22(30)18-25(17-21)37-14-10-23-19-24(9-12-31-23)33-28(36)39-29(3,4)5/h6-9,11-12,16-20H,10,13-15H2,1-5H3,(H,31,33,36).